The van der Waals surface area contributed by atoms with Gasteiger partial charge < -0.3 is 5.11 Å². The van der Waals surface area contributed by atoms with E-state index in [2.05, 4.69) is 20.9 Å². The lowest BCUT2D eigenvalue weighted by molar-refractivity contribution is -0.133. The van der Waals surface area contributed by atoms with E-state index < -0.39 is 5.97 Å². The number of carboxylic acids is 1. The Morgan fingerprint density at radius 3 is 2.78 bits per heavy atom. The number of rotatable bonds is 3. The highest BCUT2D eigenvalue weighted by Gasteiger charge is 2.10. The molecule has 0 saturated heterocycles. The van der Waals surface area contributed by atoms with Crippen molar-refractivity contribution in [2.45, 2.75) is 18.7 Å². The van der Waals surface area contributed by atoms with Gasteiger partial charge in [0.1, 0.15) is 0 Å². The fraction of sp³-hybridized carbons (Fsp3) is 0.231. The molecule has 1 N–H and O–H groups in total. The molecule has 0 aliphatic heterocycles. The van der Waals surface area contributed by atoms with Crippen LogP contribution in [-0.4, -0.2) is 21.8 Å². The predicted octanol–water partition coefficient (Wildman–Crippen LogP) is 3.79. The minimum Gasteiger partial charge on any atom is -0.481 e. The fourth-order valence-electron chi connectivity index (χ4n) is 1.77. The van der Waals surface area contributed by atoms with Gasteiger partial charge in [0, 0.05) is 20.4 Å². The normalized spacial score (nSPS) is 10.8. The van der Waals surface area contributed by atoms with E-state index in [-0.39, 0.29) is 5.75 Å². The third-order valence-electron chi connectivity index (χ3n) is 2.45. The van der Waals surface area contributed by atoms with Crippen LogP contribution in [0.25, 0.3) is 10.9 Å². The maximum Gasteiger partial charge on any atom is 0.313 e. The maximum atomic E-state index is 10.7. The van der Waals surface area contributed by atoms with Gasteiger partial charge >= 0.3 is 5.97 Å². The molecule has 0 aliphatic carbocycles. The van der Waals surface area contributed by atoms with Gasteiger partial charge in [0.25, 0.3) is 0 Å². The Morgan fingerprint density at radius 1 is 1.39 bits per heavy atom. The van der Waals surface area contributed by atoms with E-state index in [4.69, 9.17) is 5.11 Å². The lowest BCUT2D eigenvalue weighted by Gasteiger charge is -2.09. The molecule has 0 spiro atoms. The van der Waals surface area contributed by atoms with Crippen LogP contribution in [0.2, 0.25) is 0 Å². The highest BCUT2D eigenvalue weighted by Crippen LogP contribution is 2.32. The summed E-state index contributed by atoms with van der Waals surface area (Å²) in [5.41, 5.74) is 2.89. The number of halogens is 1. The van der Waals surface area contributed by atoms with Crippen LogP contribution in [0.15, 0.2) is 27.6 Å². The Labute approximate surface area is 118 Å². The van der Waals surface area contributed by atoms with Crippen LogP contribution in [-0.2, 0) is 4.79 Å². The third kappa shape index (κ3) is 2.84. The van der Waals surface area contributed by atoms with Crippen molar-refractivity contribution in [3.63, 3.8) is 0 Å². The first-order valence-corrected chi connectivity index (χ1v) is 7.17. The second-order valence-corrected chi connectivity index (χ2v) is 5.96. The number of aromatic nitrogens is 1. The number of aryl methyl sites for hydroxylation is 2. The van der Waals surface area contributed by atoms with Gasteiger partial charge in [-0.3, -0.25) is 9.78 Å². The summed E-state index contributed by atoms with van der Waals surface area (Å²) in [5, 5.41) is 9.78. The standard InChI is InChI=1S/C13H12BrNO2S/c1-7-3-9-11(18-6-12(16)17)5-8(2)15-13(9)10(14)4-7/h3-5H,6H2,1-2H3,(H,16,17). The van der Waals surface area contributed by atoms with Gasteiger partial charge in [-0.15, -0.1) is 11.8 Å². The molecule has 0 aliphatic rings. The molecular weight excluding hydrogens is 314 g/mol. The Bertz CT molecular complexity index is 628. The van der Waals surface area contributed by atoms with Gasteiger partial charge in [-0.05, 0) is 53.5 Å². The number of hydrogen-bond donors (Lipinski definition) is 1. The average Bonchev–Trinajstić information content (AvgIpc) is 2.27. The van der Waals surface area contributed by atoms with Crippen molar-refractivity contribution in [3.8, 4) is 0 Å². The molecule has 0 amide bonds. The maximum absolute atomic E-state index is 10.7. The smallest absolute Gasteiger partial charge is 0.313 e. The molecule has 94 valence electrons. The van der Waals surface area contributed by atoms with Crippen molar-refractivity contribution >= 4 is 44.6 Å². The van der Waals surface area contributed by atoms with Crippen LogP contribution in [0.4, 0.5) is 0 Å². The molecule has 5 heteroatoms. The molecule has 0 saturated carbocycles. The average molecular weight is 326 g/mol. The number of hydrogen-bond acceptors (Lipinski definition) is 3. The molecule has 1 aromatic heterocycles. The van der Waals surface area contributed by atoms with Crippen molar-refractivity contribution < 1.29 is 9.90 Å². The summed E-state index contributed by atoms with van der Waals surface area (Å²) in [6.45, 7) is 3.92. The van der Waals surface area contributed by atoms with Crippen LogP contribution < -0.4 is 0 Å². The number of nitrogens with zero attached hydrogens (tertiary/aromatic N) is 1. The number of fused-ring (bicyclic) bond motifs is 1. The quantitative estimate of drug-likeness (QED) is 0.872. The monoisotopic (exact) mass is 325 g/mol. The number of benzene rings is 1. The fourth-order valence-corrected chi connectivity index (χ4v) is 3.28. The van der Waals surface area contributed by atoms with E-state index in [0.717, 1.165) is 31.5 Å². The minimum atomic E-state index is -0.811. The zero-order valence-corrected chi connectivity index (χ0v) is 12.4. The van der Waals surface area contributed by atoms with Gasteiger partial charge in [-0.25, -0.2) is 0 Å². The van der Waals surface area contributed by atoms with Crippen LogP contribution in [0, 0.1) is 13.8 Å². The molecule has 0 radical (unpaired) electrons. The zero-order chi connectivity index (χ0) is 13.3. The summed E-state index contributed by atoms with van der Waals surface area (Å²) in [4.78, 5) is 16.1. The van der Waals surface area contributed by atoms with Gasteiger partial charge in [0.15, 0.2) is 0 Å². The second kappa shape index (κ2) is 5.28. The molecule has 1 heterocycles. The molecule has 18 heavy (non-hydrogen) atoms. The topological polar surface area (TPSA) is 50.2 Å². The molecule has 0 unspecified atom stereocenters. The summed E-state index contributed by atoms with van der Waals surface area (Å²) in [7, 11) is 0. The largest absolute Gasteiger partial charge is 0.481 e. The van der Waals surface area contributed by atoms with E-state index in [1.807, 2.05) is 32.0 Å². The first-order valence-electron chi connectivity index (χ1n) is 5.39. The molecule has 2 aromatic rings. The van der Waals surface area contributed by atoms with Crippen LogP contribution in [0.1, 0.15) is 11.3 Å². The molecule has 0 fully saturated rings. The van der Waals surface area contributed by atoms with Crippen molar-refractivity contribution in [1.29, 1.82) is 0 Å². The Hall–Kier alpha value is -1.07. The number of carbonyl (C=O) groups is 1. The second-order valence-electron chi connectivity index (χ2n) is 4.09. The van der Waals surface area contributed by atoms with Gasteiger partial charge in [-0.2, -0.15) is 0 Å². The van der Waals surface area contributed by atoms with Crippen molar-refractivity contribution in [2.24, 2.45) is 0 Å². The summed E-state index contributed by atoms with van der Waals surface area (Å²) >= 11 is 4.84. The van der Waals surface area contributed by atoms with Gasteiger partial charge in [-0.1, -0.05) is 0 Å². The predicted molar refractivity (Wildman–Crippen MR) is 77.3 cm³/mol. The molecule has 1 aromatic carbocycles. The Kier molecular flexibility index (Phi) is 3.92. The number of pyridine rings is 1. The van der Waals surface area contributed by atoms with E-state index in [9.17, 15) is 4.79 Å². The first kappa shape index (κ1) is 13.4. The van der Waals surface area contributed by atoms with Gasteiger partial charge in [0.2, 0.25) is 0 Å². The Balaban J connectivity index is 2.60. The number of carboxylic acid groups (broad SMARTS) is 1. The zero-order valence-electron chi connectivity index (χ0n) is 10.0. The molecule has 3 nitrogen and oxygen atoms in total. The summed E-state index contributed by atoms with van der Waals surface area (Å²) in [6, 6.07) is 5.99. The lowest BCUT2D eigenvalue weighted by atomic mass is 10.1. The Morgan fingerprint density at radius 2 is 2.11 bits per heavy atom. The highest BCUT2D eigenvalue weighted by molar-refractivity contribution is 9.10. The third-order valence-corrected chi connectivity index (χ3v) is 4.10. The van der Waals surface area contributed by atoms with E-state index in [1.54, 1.807) is 0 Å². The van der Waals surface area contributed by atoms with E-state index >= 15 is 0 Å². The van der Waals surface area contributed by atoms with Crippen LogP contribution in [0.3, 0.4) is 0 Å². The minimum absolute atomic E-state index is 0.0596. The SMILES string of the molecule is Cc1cc(Br)c2nc(C)cc(SCC(=O)O)c2c1. The van der Waals surface area contributed by atoms with Crippen molar-refractivity contribution in [3.05, 3.63) is 33.9 Å². The molecule has 2 rings (SSSR count). The number of thioether (sulfide) groups is 1. The highest BCUT2D eigenvalue weighted by atomic mass is 79.9. The lowest BCUT2D eigenvalue weighted by Crippen LogP contribution is -1.98. The summed E-state index contributed by atoms with van der Waals surface area (Å²) in [6.07, 6.45) is 0. The summed E-state index contributed by atoms with van der Waals surface area (Å²) < 4.78 is 0.943. The van der Waals surface area contributed by atoms with Crippen molar-refractivity contribution in [2.75, 3.05) is 5.75 Å². The van der Waals surface area contributed by atoms with Crippen molar-refractivity contribution in [1.82, 2.24) is 4.98 Å². The molecule has 0 atom stereocenters. The van der Waals surface area contributed by atoms with Crippen LogP contribution >= 0.6 is 27.7 Å². The van der Waals surface area contributed by atoms with E-state index in [0.29, 0.717) is 0 Å². The number of aliphatic carboxylic acids is 1. The van der Waals surface area contributed by atoms with E-state index in [1.165, 1.54) is 11.8 Å². The van der Waals surface area contributed by atoms with Crippen LogP contribution in [0.5, 0.6) is 0 Å². The molecule has 0 bridgehead atoms. The summed E-state index contributed by atoms with van der Waals surface area (Å²) in [5.74, 6) is -0.751. The first-order chi connectivity index (χ1) is 8.47. The van der Waals surface area contributed by atoms with Gasteiger partial charge in [0.05, 0.1) is 11.3 Å². The molecular formula is C13H12BrNO2S.